The molecule has 148 valence electrons. The van der Waals surface area contributed by atoms with Gasteiger partial charge >= 0.3 is 0 Å². The first-order valence-electron chi connectivity index (χ1n) is 10.7. The standard InChI is InChI=1S/C22H32N2O3/c1-25-20-10-22-21(26-7-2-8-27-22)9-18(20)14-23-11-17-5-6-19(15-23)24(13-17)12-16-3-4-16/h9-10,16-17,19H,2-8,11-15H2,1H3/t17-,19+/m0/s1. The summed E-state index contributed by atoms with van der Waals surface area (Å²) in [5.41, 5.74) is 1.22. The van der Waals surface area contributed by atoms with Gasteiger partial charge in [0.05, 0.1) is 20.3 Å². The van der Waals surface area contributed by atoms with Gasteiger partial charge in [-0.05, 0) is 43.6 Å². The lowest BCUT2D eigenvalue weighted by molar-refractivity contribution is 0.125. The highest BCUT2D eigenvalue weighted by molar-refractivity contribution is 5.51. The zero-order valence-electron chi connectivity index (χ0n) is 16.5. The molecular formula is C22H32N2O3. The van der Waals surface area contributed by atoms with Crippen LogP contribution in [-0.2, 0) is 6.54 Å². The molecule has 0 spiro atoms. The second-order valence-corrected chi connectivity index (χ2v) is 8.85. The van der Waals surface area contributed by atoms with Crippen LogP contribution in [-0.4, -0.2) is 62.3 Å². The number of piperidine rings is 1. The molecule has 5 aliphatic rings. The molecule has 4 heterocycles. The van der Waals surface area contributed by atoms with Crippen LogP contribution in [0.2, 0.25) is 0 Å². The van der Waals surface area contributed by atoms with Gasteiger partial charge < -0.3 is 14.2 Å². The Bertz CT molecular complexity index is 676. The molecular weight excluding hydrogens is 340 g/mol. The summed E-state index contributed by atoms with van der Waals surface area (Å²) in [6, 6.07) is 4.89. The first-order chi connectivity index (χ1) is 13.3. The molecule has 4 aliphatic heterocycles. The van der Waals surface area contributed by atoms with Crippen LogP contribution in [0.25, 0.3) is 0 Å². The molecule has 0 aromatic heterocycles. The predicted molar refractivity (Wildman–Crippen MR) is 105 cm³/mol. The summed E-state index contributed by atoms with van der Waals surface area (Å²) in [7, 11) is 1.76. The van der Waals surface area contributed by atoms with E-state index in [1.165, 1.54) is 57.4 Å². The minimum atomic E-state index is 0.710. The summed E-state index contributed by atoms with van der Waals surface area (Å²) in [6.07, 6.45) is 6.59. The third-order valence-corrected chi connectivity index (χ3v) is 6.64. The molecule has 0 radical (unpaired) electrons. The molecule has 1 aliphatic carbocycles. The highest BCUT2D eigenvalue weighted by Crippen LogP contribution is 2.38. The molecule has 0 unspecified atom stereocenters. The maximum Gasteiger partial charge on any atom is 0.164 e. The van der Waals surface area contributed by atoms with Gasteiger partial charge in [0.1, 0.15) is 5.75 Å². The van der Waals surface area contributed by atoms with Gasteiger partial charge in [-0.1, -0.05) is 0 Å². The third kappa shape index (κ3) is 3.90. The van der Waals surface area contributed by atoms with Crippen LogP contribution >= 0.6 is 0 Å². The van der Waals surface area contributed by atoms with Gasteiger partial charge in [-0.2, -0.15) is 0 Å². The number of methoxy groups -OCH3 is 1. The summed E-state index contributed by atoms with van der Waals surface area (Å²) in [5.74, 6) is 4.41. The zero-order valence-corrected chi connectivity index (χ0v) is 16.5. The summed E-state index contributed by atoms with van der Waals surface area (Å²) in [5, 5.41) is 0. The first-order valence-corrected chi connectivity index (χ1v) is 10.7. The van der Waals surface area contributed by atoms with Gasteiger partial charge in [0.2, 0.25) is 0 Å². The van der Waals surface area contributed by atoms with E-state index in [9.17, 15) is 0 Å². The van der Waals surface area contributed by atoms with E-state index in [1.54, 1.807) is 7.11 Å². The van der Waals surface area contributed by atoms with Crippen LogP contribution in [0.4, 0.5) is 0 Å². The van der Waals surface area contributed by atoms with E-state index in [-0.39, 0.29) is 0 Å². The average molecular weight is 373 g/mol. The number of hydrogen-bond donors (Lipinski definition) is 0. The number of nitrogens with zero attached hydrogens (tertiary/aromatic N) is 2. The lowest BCUT2D eigenvalue weighted by atomic mass is 9.95. The third-order valence-electron chi connectivity index (χ3n) is 6.64. The van der Waals surface area contributed by atoms with Crippen molar-refractivity contribution in [1.29, 1.82) is 0 Å². The van der Waals surface area contributed by atoms with E-state index in [4.69, 9.17) is 14.2 Å². The van der Waals surface area contributed by atoms with Crippen molar-refractivity contribution >= 4 is 0 Å². The maximum absolute atomic E-state index is 5.92. The Hall–Kier alpha value is -1.46. The summed E-state index contributed by atoms with van der Waals surface area (Å²) >= 11 is 0. The molecule has 6 rings (SSSR count). The molecule has 1 saturated carbocycles. The Labute approximate surface area is 162 Å². The van der Waals surface area contributed by atoms with Crippen LogP contribution in [0.15, 0.2) is 12.1 Å². The lowest BCUT2D eigenvalue weighted by Crippen LogP contribution is -2.44. The van der Waals surface area contributed by atoms with Crippen molar-refractivity contribution in [3.8, 4) is 17.2 Å². The van der Waals surface area contributed by atoms with Crippen molar-refractivity contribution in [2.75, 3.05) is 46.5 Å². The monoisotopic (exact) mass is 372 g/mol. The number of fused-ring (bicyclic) bond motifs is 5. The van der Waals surface area contributed by atoms with Crippen molar-refractivity contribution < 1.29 is 14.2 Å². The molecule has 5 heteroatoms. The van der Waals surface area contributed by atoms with Crippen molar-refractivity contribution in [1.82, 2.24) is 9.80 Å². The summed E-state index contributed by atoms with van der Waals surface area (Å²) < 4.78 is 17.5. The van der Waals surface area contributed by atoms with E-state index < -0.39 is 0 Å². The number of hydrogen-bond acceptors (Lipinski definition) is 5. The van der Waals surface area contributed by atoms with Crippen LogP contribution in [0.3, 0.4) is 0 Å². The van der Waals surface area contributed by atoms with Crippen LogP contribution in [0.5, 0.6) is 17.2 Å². The Morgan fingerprint density at radius 2 is 1.81 bits per heavy atom. The van der Waals surface area contributed by atoms with Crippen molar-refractivity contribution in [3.05, 3.63) is 17.7 Å². The Morgan fingerprint density at radius 3 is 2.59 bits per heavy atom. The fourth-order valence-electron chi connectivity index (χ4n) is 5.05. The minimum absolute atomic E-state index is 0.710. The topological polar surface area (TPSA) is 34.2 Å². The van der Waals surface area contributed by atoms with Crippen molar-refractivity contribution in [3.63, 3.8) is 0 Å². The zero-order chi connectivity index (χ0) is 18.2. The quantitative estimate of drug-likeness (QED) is 0.793. The number of benzene rings is 1. The molecule has 3 saturated heterocycles. The van der Waals surface area contributed by atoms with Crippen molar-refractivity contribution in [2.24, 2.45) is 11.8 Å². The maximum atomic E-state index is 5.92. The van der Waals surface area contributed by atoms with Gasteiger partial charge in [0.15, 0.2) is 11.5 Å². The first kappa shape index (κ1) is 17.6. The molecule has 1 aromatic carbocycles. The number of ether oxygens (including phenoxy) is 3. The Balaban J connectivity index is 1.33. The second-order valence-electron chi connectivity index (χ2n) is 8.85. The van der Waals surface area contributed by atoms with Gasteiger partial charge in [-0.15, -0.1) is 0 Å². The van der Waals surface area contributed by atoms with E-state index in [2.05, 4.69) is 15.9 Å². The smallest absolute Gasteiger partial charge is 0.164 e. The Morgan fingerprint density at radius 1 is 1.00 bits per heavy atom. The molecule has 4 fully saturated rings. The molecule has 2 atom stereocenters. The van der Waals surface area contributed by atoms with E-state index in [1.807, 2.05) is 6.07 Å². The fourth-order valence-corrected chi connectivity index (χ4v) is 5.05. The van der Waals surface area contributed by atoms with Gasteiger partial charge in [-0.3, -0.25) is 9.80 Å². The molecule has 27 heavy (non-hydrogen) atoms. The highest BCUT2D eigenvalue weighted by atomic mass is 16.5. The molecule has 0 amide bonds. The predicted octanol–water partition coefficient (Wildman–Crippen LogP) is 3.16. The van der Waals surface area contributed by atoms with Gasteiger partial charge in [-0.25, -0.2) is 0 Å². The van der Waals surface area contributed by atoms with Crippen LogP contribution in [0, 0.1) is 11.8 Å². The normalized spacial score (nSPS) is 28.6. The lowest BCUT2D eigenvalue weighted by Gasteiger charge is -2.36. The molecule has 1 aromatic rings. The van der Waals surface area contributed by atoms with E-state index in [0.29, 0.717) is 6.61 Å². The van der Waals surface area contributed by atoms with E-state index in [0.717, 1.165) is 54.7 Å². The highest BCUT2D eigenvalue weighted by Gasteiger charge is 2.37. The minimum Gasteiger partial charge on any atom is -0.496 e. The molecule has 2 bridgehead atoms. The van der Waals surface area contributed by atoms with Crippen molar-refractivity contribution in [2.45, 2.75) is 44.7 Å². The average Bonchev–Trinajstić information content (AvgIpc) is 3.51. The second kappa shape index (κ2) is 7.51. The largest absolute Gasteiger partial charge is 0.496 e. The van der Waals surface area contributed by atoms with E-state index >= 15 is 0 Å². The van der Waals surface area contributed by atoms with Gasteiger partial charge in [0, 0.05) is 56.8 Å². The van der Waals surface area contributed by atoms with Gasteiger partial charge in [0.25, 0.3) is 0 Å². The summed E-state index contributed by atoms with van der Waals surface area (Å²) in [6.45, 7) is 7.39. The van der Waals surface area contributed by atoms with Crippen LogP contribution < -0.4 is 14.2 Å². The number of rotatable bonds is 5. The van der Waals surface area contributed by atoms with Crippen LogP contribution in [0.1, 0.15) is 37.7 Å². The SMILES string of the molecule is COc1cc2c(cc1CN1C[C@@H]3CC[C@H](C1)N(CC1CC1)C3)OCCCO2. The fraction of sp³-hybridized carbons (Fsp3) is 0.727. The molecule has 0 N–H and O–H groups in total. The Kier molecular flexibility index (Phi) is 4.91. The summed E-state index contributed by atoms with van der Waals surface area (Å²) in [4.78, 5) is 5.45. The molecule has 5 nitrogen and oxygen atoms in total.